The van der Waals surface area contributed by atoms with Gasteiger partial charge in [0.15, 0.2) is 0 Å². The van der Waals surface area contributed by atoms with Gasteiger partial charge in [0.1, 0.15) is 0 Å². The van der Waals surface area contributed by atoms with E-state index in [1.165, 1.54) is 66.0 Å². The number of fused-ring (bicyclic) bond motifs is 5. The molecule has 9 rings (SSSR count). The minimum absolute atomic E-state index is 1.11. The SMILES string of the molecule is Cc1ccccc1-c1cccc(-c2ccc(N(c3ccccc3)c3ccc4ccc5c6ccccc6n(-c6ccccc6)c5c4c3)cc2)c1C. The standard InChI is InChI=1S/C48H36N2/c1-33-14-9-10-19-41(33)43-22-13-21-42(34(43)2)35-24-28-39(29-25-35)49(37-15-5-3-6-16-37)40-30-26-36-27-31-45-44-20-11-12-23-47(44)50(48(45)46(36)32-40)38-17-7-4-8-18-38/h3-32H,1-2H3. The highest BCUT2D eigenvalue weighted by molar-refractivity contribution is 6.19. The fraction of sp³-hybridized carbons (Fsp3) is 0.0417. The summed E-state index contributed by atoms with van der Waals surface area (Å²) in [6, 6.07) is 65.9. The molecular weight excluding hydrogens is 605 g/mol. The van der Waals surface area contributed by atoms with Crippen LogP contribution in [-0.4, -0.2) is 4.57 Å². The molecule has 50 heavy (non-hydrogen) atoms. The van der Waals surface area contributed by atoms with Crippen molar-refractivity contribution in [2.75, 3.05) is 4.90 Å². The zero-order valence-corrected chi connectivity index (χ0v) is 28.2. The van der Waals surface area contributed by atoms with Crippen LogP contribution in [-0.2, 0) is 0 Å². The molecule has 1 heterocycles. The van der Waals surface area contributed by atoms with E-state index < -0.39 is 0 Å². The van der Waals surface area contributed by atoms with Gasteiger partial charge in [-0.15, -0.1) is 0 Å². The molecule has 0 fully saturated rings. The smallest absolute Gasteiger partial charge is 0.0620 e. The molecule has 0 aliphatic heterocycles. The predicted octanol–water partition coefficient (Wildman–Crippen LogP) is 13.4. The number of rotatable bonds is 6. The summed E-state index contributed by atoms with van der Waals surface area (Å²) in [5.41, 5.74) is 14.6. The van der Waals surface area contributed by atoms with Crippen molar-refractivity contribution in [2.24, 2.45) is 0 Å². The molecule has 0 bridgehead atoms. The van der Waals surface area contributed by atoms with Crippen molar-refractivity contribution in [1.29, 1.82) is 0 Å². The van der Waals surface area contributed by atoms with Gasteiger partial charge in [0, 0.05) is 38.9 Å². The number of aryl methyl sites for hydroxylation is 1. The number of nitrogens with zero attached hydrogens (tertiary/aromatic N) is 2. The maximum atomic E-state index is 2.42. The Hall–Kier alpha value is -6.38. The number of para-hydroxylation sites is 3. The molecule has 0 saturated carbocycles. The first-order valence-corrected chi connectivity index (χ1v) is 17.3. The second-order valence-corrected chi connectivity index (χ2v) is 13.1. The molecule has 0 atom stereocenters. The Kier molecular flexibility index (Phi) is 7.29. The Morgan fingerprint density at radius 2 is 1.04 bits per heavy atom. The number of anilines is 3. The number of hydrogen-bond donors (Lipinski definition) is 0. The quantitative estimate of drug-likeness (QED) is 0.176. The van der Waals surface area contributed by atoms with E-state index >= 15 is 0 Å². The van der Waals surface area contributed by atoms with Crippen molar-refractivity contribution in [1.82, 2.24) is 4.57 Å². The Balaban J connectivity index is 1.20. The van der Waals surface area contributed by atoms with Gasteiger partial charge in [0.2, 0.25) is 0 Å². The maximum absolute atomic E-state index is 2.42. The van der Waals surface area contributed by atoms with Gasteiger partial charge in [-0.05, 0) is 107 Å². The molecule has 0 N–H and O–H groups in total. The topological polar surface area (TPSA) is 8.17 Å². The van der Waals surface area contributed by atoms with Gasteiger partial charge in [-0.25, -0.2) is 0 Å². The minimum Gasteiger partial charge on any atom is -0.310 e. The van der Waals surface area contributed by atoms with Gasteiger partial charge in [0.05, 0.1) is 11.0 Å². The molecule has 8 aromatic carbocycles. The monoisotopic (exact) mass is 640 g/mol. The third-order valence-electron chi connectivity index (χ3n) is 10.1. The van der Waals surface area contributed by atoms with Gasteiger partial charge in [-0.2, -0.15) is 0 Å². The molecule has 2 heteroatoms. The number of hydrogen-bond acceptors (Lipinski definition) is 1. The lowest BCUT2D eigenvalue weighted by Crippen LogP contribution is -2.09. The van der Waals surface area contributed by atoms with Gasteiger partial charge in [-0.1, -0.05) is 127 Å². The molecular formula is C48H36N2. The van der Waals surface area contributed by atoms with Crippen molar-refractivity contribution in [3.63, 3.8) is 0 Å². The second kappa shape index (κ2) is 12.3. The van der Waals surface area contributed by atoms with Crippen molar-refractivity contribution in [2.45, 2.75) is 13.8 Å². The van der Waals surface area contributed by atoms with Crippen LogP contribution in [0.3, 0.4) is 0 Å². The van der Waals surface area contributed by atoms with Crippen LogP contribution in [0.15, 0.2) is 182 Å². The minimum atomic E-state index is 1.11. The first kappa shape index (κ1) is 29.7. The average molecular weight is 641 g/mol. The lowest BCUT2D eigenvalue weighted by atomic mass is 9.91. The molecule has 0 amide bonds. The highest BCUT2D eigenvalue weighted by Crippen LogP contribution is 2.42. The van der Waals surface area contributed by atoms with Crippen molar-refractivity contribution in [3.8, 4) is 27.9 Å². The van der Waals surface area contributed by atoms with E-state index in [0.717, 1.165) is 22.7 Å². The lowest BCUT2D eigenvalue weighted by molar-refractivity contribution is 1.19. The van der Waals surface area contributed by atoms with Gasteiger partial charge >= 0.3 is 0 Å². The molecule has 0 radical (unpaired) electrons. The van der Waals surface area contributed by atoms with Crippen molar-refractivity contribution >= 4 is 49.6 Å². The van der Waals surface area contributed by atoms with E-state index in [0.29, 0.717) is 0 Å². The highest BCUT2D eigenvalue weighted by atomic mass is 15.1. The fourth-order valence-corrected chi connectivity index (χ4v) is 7.68. The summed E-state index contributed by atoms with van der Waals surface area (Å²) in [6.45, 7) is 4.43. The zero-order valence-electron chi connectivity index (χ0n) is 28.2. The van der Waals surface area contributed by atoms with E-state index in [1.54, 1.807) is 0 Å². The van der Waals surface area contributed by atoms with Crippen molar-refractivity contribution < 1.29 is 0 Å². The molecule has 0 aliphatic rings. The first-order valence-electron chi connectivity index (χ1n) is 17.3. The number of benzene rings is 8. The molecule has 0 spiro atoms. The summed E-state index contributed by atoms with van der Waals surface area (Å²) in [5, 5.41) is 4.96. The summed E-state index contributed by atoms with van der Waals surface area (Å²) < 4.78 is 2.42. The Labute approximate surface area is 293 Å². The van der Waals surface area contributed by atoms with Crippen LogP contribution < -0.4 is 4.90 Å². The highest BCUT2D eigenvalue weighted by Gasteiger charge is 2.18. The normalized spacial score (nSPS) is 11.4. The van der Waals surface area contributed by atoms with Crippen LogP contribution in [0.2, 0.25) is 0 Å². The molecule has 0 unspecified atom stereocenters. The van der Waals surface area contributed by atoms with E-state index in [4.69, 9.17) is 0 Å². The Morgan fingerprint density at radius 1 is 0.420 bits per heavy atom. The van der Waals surface area contributed by atoms with E-state index in [2.05, 4.69) is 205 Å². The van der Waals surface area contributed by atoms with Gasteiger partial charge in [0.25, 0.3) is 0 Å². The Morgan fingerprint density at radius 3 is 1.84 bits per heavy atom. The Bertz CT molecular complexity index is 2650. The summed E-state index contributed by atoms with van der Waals surface area (Å²) in [6.07, 6.45) is 0. The van der Waals surface area contributed by atoms with Crippen LogP contribution in [0.25, 0.3) is 60.5 Å². The first-order chi connectivity index (χ1) is 24.7. The summed E-state index contributed by atoms with van der Waals surface area (Å²) >= 11 is 0. The van der Waals surface area contributed by atoms with Crippen LogP contribution in [0.5, 0.6) is 0 Å². The van der Waals surface area contributed by atoms with Crippen LogP contribution in [0.1, 0.15) is 11.1 Å². The second-order valence-electron chi connectivity index (χ2n) is 13.1. The van der Waals surface area contributed by atoms with Gasteiger partial charge < -0.3 is 9.47 Å². The molecule has 238 valence electrons. The van der Waals surface area contributed by atoms with E-state index in [-0.39, 0.29) is 0 Å². The van der Waals surface area contributed by atoms with Crippen molar-refractivity contribution in [3.05, 3.63) is 193 Å². The van der Waals surface area contributed by atoms with E-state index in [9.17, 15) is 0 Å². The largest absolute Gasteiger partial charge is 0.310 e. The molecule has 0 aliphatic carbocycles. The molecule has 1 aromatic heterocycles. The molecule has 2 nitrogen and oxygen atoms in total. The molecule has 0 saturated heterocycles. The van der Waals surface area contributed by atoms with Crippen LogP contribution >= 0.6 is 0 Å². The third kappa shape index (κ3) is 4.96. The summed E-state index contributed by atoms with van der Waals surface area (Å²) in [5.74, 6) is 0. The zero-order chi connectivity index (χ0) is 33.6. The van der Waals surface area contributed by atoms with Gasteiger partial charge in [-0.3, -0.25) is 0 Å². The number of aromatic nitrogens is 1. The predicted molar refractivity (Wildman–Crippen MR) is 213 cm³/mol. The third-order valence-corrected chi connectivity index (χ3v) is 10.1. The lowest BCUT2D eigenvalue weighted by Gasteiger charge is -2.26. The summed E-state index contributed by atoms with van der Waals surface area (Å²) in [4.78, 5) is 2.37. The molecule has 9 aromatic rings. The van der Waals surface area contributed by atoms with Crippen LogP contribution in [0.4, 0.5) is 17.1 Å². The van der Waals surface area contributed by atoms with Crippen LogP contribution in [0, 0.1) is 13.8 Å². The average Bonchev–Trinajstić information content (AvgIpc) is 3.52. The fourth-order valence-electron chi connectivity index (χ4n) is 7.68. The van der Waals surface area contributed by atoms with E-state index in [1.807, 2.05) is 0 Å². The maximum Gasteiger partial charge on any atom is 0.0620 e. The summed E-state index contributed by atoms with van der Waals surface area (Å²) in [7, 11) is 0.